The third kappa shape index (κ3) is 6.07. The molecule has 0 unspecified atom stereocenters. The Hall–Kier alpha value is -4.07. The number of benzene rings is 1. The van der Waals surface area contributed by atoms with Crippen molar-refractivity contribution in [2.75, 3.05) is 16.0 Å². The number of thiocarbonyl (C=S) groups is 1. The van der Waals surface area contributed by atoms with E-state index in [2.05, 4.69) is 32.8 Å². The number of carbonyl (C=O) groups excluding carboxylic acids is 1. The van der Waals surface area contributed by atoms with Crippen molar-refractivity contribution < 1.29 is 9.90 Å². The lowest BCUT2D eigenvalue weighted by atomic mass is 9.93. The number of anilines is 4. The summed E-state index contributed by atoms with van der Waals surface area (Å²) < 4.78 is 1.97. The van der Waals surface area contributed by atoms with Crippen LogP contribution in [0.1, 0.15) is 39.0 Å². The predicted molar refractivity (Wildman–Crippen MR) is 153 cm³/mol. The fraction of sp³-hybridized carbons (Fsp3) is 0.321. The second-order valence-corrected chi connectivity index (χ2v) is 9.79. The number of hydrogen-bond donors (Lipinski definition) is 4. The summed E-state index contributed by atoms with van der Waals surface area (Å²) in [7, 11) is 0. The zero-order valence-corrected chi connectivity index (χ0v) is 21.9. The van der Waals surface area contributed by atoms with Gasteiger partial charge in [-0.25, -0.2) is 4.98 Å². The highest BCUT2D eigenvalue weighted by Gasteiger charge is 2.21. The van der Waals surface area contributed by atoms with Crippen LogP contribution in [0.5, 0.6) is 0 Å². The van der Waals surface area contributed by atoms with Gasteiger partial charge in [0.2, 0.25) is 5.95 Å². The van der Waals surface area contributed by atoms with E-state index in [1.165, 1.54) is 0 Å². The minimum atomic E-state index is -0.421. The van der Waals surface area contributed by atoms with Crippen molar-refractivity contribution in [2.24, 2.45) is 0 Å². The molecule has 0 saturated heterocycles. The Kier molecular flexibility index (Phi) is 7.77. The van der Waals surface area contributed by atoms with Gasteiger partial charge in [-0.2, -0.15) is 9.97 Å². The number of aliphatic hydroxyl groups excluding tert-OH is 1. The Bertz CT molecular complexity index is 1490. The van der Waals surface area contributed by atoms with Crippen LogP contribution in [0.15, 0.2) is 54.4 Å². The Balaban J connectivity index is 1.34. The van der Waals surface area contributed by atoms with E-state index in [-0.39, 0.29) is 12.1 Å². The summed E-state index contributed by atoms with van der Waals surface area (Å²) in [5.74, 6) is 6.13. The van der Waals surface area contributed by atoms with Crippen LogP contribution < -0.4 is 16.0 Å². The van der Waals surface area contributed by atoms with Crippen LogP contribution in [0.3, 0.4) is 0 Å². The summed E-state index contributed by atoms with van der Waals surface area (Å²) in [6.07, 6.45) is 11.1. The number of hydrogen-bond acceptors (Lipinski definition) is 8. The van der Waals surface area contributed by atoms with Crippen LogP contribution in [0, 0.1) is 11.8 Å². The molecule has 9 nitrogen and oxygen atoms in total. The molecule has 0 radical (unpaired) electrons. The molecule has 1 aromatic carbocycles. The smallest absolute Gasteiger partial charge is 0.300 e. The summed E-state index contributed by atoms with van der Waals surface area (Å²) in [5, 5.41) is 19.4. The minimum absolute atomic E-state index is 0.205. The minimum Gasteiger partial charge on any atom is -0.393 e. The zero-order valence-electron chi connectivity index (χ0n) is 21.1. The van der Waals surface area contributed by atoms with Crippen LogP contribution in [-0.2, 0) is 11.3 Å². The van der Waals surface area contributed by atoms with Crippen molar-refractivity contribution in [3.8, 4) is 11.8 Å². The number of imidazole rings is 1. The molecule has 194 valence electrons. The topological polar surface area (TPSA) is 117 Å². The van der Waals surface area contributed by atoms with E-state index in [4.69, 9.17) is 22.2 Å². The average molecular weight is 528 g/mol. The number of nitrogens with one attached hydrogen (secondary N) is 3. The third-order valence-electron chi connectivity index (χ3n) is 6.53. The van der Waals surface area contributed by atoms with Crippen molar-refractivity contribution >= 4 is 57.3 Å². The van der Waals surface area contributed by atoms with Gasteiger partial charge in [-0.1, -0.05) is 36.4 Å². The highest BCUT2D eigenvalue weighted by Crippen LogP contribution is 2.27. The molecule has 0 aliphatic heterocycles. The molecule has 3 aromatic rings. The molecule has 2 aromatic heterocycles. The number of amides is 1. The number of rotatable bonds is 6. The number of aliphatic hydroxyl groups is 1. The normalized spacial score (nSPS) is 18.9. The van der Waals surface area contributed by atoms with Gasteiger partial charge < -0.3 is 25.6 Å². The summed E-state index contributed by atoms with van der Waals surface area (Å²) in [4.78, 5) is 27.2. The molecule has 2 aliphatic rings. The SMILES string of the molecule is CCn1cnc2c(Nc3cccc(NC(=O)C#CC4=CC=CCC4=S)c3)nc(N[C@H]3CC[C@H](O)CC3)nc21. The maximum Gasteiger partial charge on any atom is 0.300 e. The van der Waals surface area contributed by atoms with Crippen molar-refractivity contribution in [2.45, 2.75) is 57.7 Å². The van der Waals surface area contributed by atoms with Crippen LogP contribution in [0.4, 0.5) is 23.1 Å². The van der Waals surface area contributed by atoms with Crippen molar-refractivity contribution in [3.63, 3.8) is 0 Å². The third-order valence-corrected chi connectivity index (χ3v) is 6.92. The van der Waals surface area contributed by atoms with Gasteiger partial charge in [-0.05, 0) is 56.9 Å². The van der Waals surface area contributed by atoms with Gasteiger partial charge in [-0.3, -0.25) is 4.79 Å². The number of fused-ring (bicyclic) bond motifs is 1. The Labute approximate surface area is 226 Å². The van der Waals surface area contributed by atoms with Crippen LogP contribution in [0.2, 0.25) is 0 Å². The molecule has 1 saturated carbocycles. The van der Waals surface area contributed by atoms with E-state index in [9.17, 15) is 9.90 Å². The quantitative estimate of drug-likeness (QED) is 0.273. The first-order chi connectivity index (χ1) is 18.5. The lowest BCUT2D eigenvalue weighted by Crippen LogP contribution is -2.29. The van der Waals surface area contributed by atoms with E-state index >= 15 is 0 Å². The van der Waals surface area contributed by atoms with E-state index in [0.717, 1.165) is 48.4 Å². The van der Waals surface area contributed by atoms with Crippen molar-refractivity contribution in [1.82, 2.24) is 19.5 Å². The molecule has 1 fully saturated rings. The predicted octanol–water partition coefficient (Wildman–Crippen LogP) is 4.50. The lowest BCUT2D eigenvalue weighted by molar-refractivity contribution is -0.111. The molecule has 2 heterocycles. The molecule has 10 heteroatoms. The molecular weight excluding hydrogens is 498 g/mol. The van der Waals surface area contributed by atoms with Crippen molar-refractivity contribution in [1.29, 1.82) is 0 Å². The first kappa shape index (κ1) is 25.6. The highest BCUT2D eigenvalue weighted by atomic mass is 32.1. The molecule has 38 heavy (non-hydrogen) atoms. The van der Waals surface area contributed by atoms with Crippen molar-refractivity contribution in [3.05, 3.63) is 54.4 Å². The van der Waals surface area contributed by atoms with Gasteiger partial charge in [0.05, 0.1) is 12.4 Å². The molecular formula is C28H29N7O2S. The number of nitrogens with zero attached hydrogens (tertiary/aromatic N) is 4. The van der Waals surface area contributed by atoms with Crippen LogP contribution >= 0.6 is 12.2 Å². The largest absolute Gasteiger partial charge is 0.393 e. The average Bonchev–Trinajstić information content (AvgIpc) is 3.33. The van der Waals surface area contributed by atoms with Gasteiger partial charge in [0.15, 0.2) is 17.0 Å². The van der Waals surface area contributed by atoms with Crippen LogP contribution in [0.25, 0.3) is 11.2 Å². The van der Waals surface area contributed by atoms with Gasteiger partial charge in [-0.15, -0.1) is 0 Å². The summed E-state index contributed by atoms with van der Waals surface area (Å²) in [6, 6.07) is 7.54. The lowest BCUT2D eigenvalue weighted by Gasteiger charge is -2.26. The second-order valence-electron chi connectivity index (χ2n) is 9.29. The van der Waals surface area contributed by atoms with E-state index < -0.39 is 5.91 Å². The summed E-state index contributed by atoms with van der Waals surface area (Å²) in [6.45, 7) is 2.76. The number of aryl methyl sites for hydroxylation is 1. The van der Waals surface area contributed by atoms with E-state index in [1.807, 2.05) is 47.9 Å². The first-order valence-electron chi connectivity index (χ1n) is 12.8. The van der Waals surface area contributed by atoms with E-state index in [0.29, 0.717) is 35.0 Å². The molecule has 2 aliphatic carbocycles. The Morgan fingerprint density at radius 2 is 2.03 bits per heavy atom. The second kappa shape index (κ2) is 11.5. The summed E-state index contributed by atoms with van der Waals surface area (Å²) >= 11 is 5.30. The molecule has 0 spiro atoms. The Morgan fingerprint density at radius 3 is 2.82 bits per heavy atom. The number of allylic oxidation sites excluding steroid dienone is 4. The fourth-order valence-corrected chi connectivity index (χ4v) is 4.70. The zero-order chi connectivity index (χ0) is 26.5. The number of aromatic nitrogens is 4. The molecule has 1 amide bonds. The standard InChI is InChI=1S/C28H29N7O2S/c1-2-35-17-29-25-26(33-28(34-27(25)35)32-19-11-13-22(36)14-12-19)31-21-8-5-7-20(16-21)30-24(37)15-10-18-6-3-4-9-23(18)38/h3-8,16-17,19,22,36H,2,9,11-14H2,1H3,(H,30,37)(H2,31,32,33,34)/t19-,22-. The first-order valence-corrected chi connectivity index (χ1v) is 13.2. The van der Waals surface area contributed by atoms with E-state index in [1.54, 1.807) is 12.4 Å². The summed E-state index contributed by atoms with van der Waals surface area (Å²) in [5.41, 5.74) is 3.41. The molecule has 5 rings (SSSR count). The number of carbonyl (C=O) groups is 1. The molecule has 0 bridgehead atoms. The monoisotopic (exact) mass is 527 g/mol. The highest BCUT2D eigenvalue weighted by molar-refractivity contribution is 7.80. The van der Waals surface area contributed by atoms with Gasteiger partial charge in [0.1, 0.15) is 0 Å². The maximum absolute atomic E-state index is 12.4. The van der Waals surface area contributed by atoms with Gasteiger partial charge in [0, 0.05) is 46.7 Å². The van der Waals surface area contributed by atoms with Gasteiger partial charge in [0.25, 0.3) is 0 Å². The Morgan fingerprint density at radius 1 is 1.21 bits per heavy atom. The fourth-order valence-electron chi connectivity index (χ4n) is 4.48. The molecule has 4 N–H and O–H groups in total. The van der Waals surface area contributed by atoms with Crippen LogP contribution in [-0.4, -0.2) is 47.5 Å². The maximum atomic E-state index is 12.4. The van der Waals surface area contributed by atoms with Gasteiger partial charge >= 0.3 is 5.91 Å². The molecule has 0 atom stereocenters.